The first-order valence-corrected chi connectivity index (χ1v) is 9.82. The molecule has 0 amide bonds. The third-order valence-electron chi connectivity index (χ3n) is 3.92. The Morgan fingerprint density at radius 3 is 2.69 bits per heavy atom. The number of thioether (sulfide) groups is 1. The molecule has 6 nitrogen and oxygen atoms in total. The monoisotopic (exact) mass is 383 g/mol. The van der Waals surface area contributed by atoms with Gasteiger partial charge in [-0.3, -0.25) is 0 Å². The predicted molar refractivity (Wildman–Crippen MR) is 105 cm³/mol. The maximum atomic E-state index is 6.18. The van der Waals surface area contributed by atoms with Gasteiger partial charge in [-0.25, -0.2) is 9.66 Å². The van der Waals surface area contributed by atoms with Crippen molar-refractivity contribution in [2.24, 2.45) is 0 Å². The lowest BCUT2D eigenvalue weighted by Crippen LogP contribution is -2.14. The van der Waals surface area contributed by atoms with Crippen molar-refractivity contribution in [2.45, 2.75) is 17.3 Å². The van der Waals surface area contributed by atoms with Crippen LogP contribution in [0.4, 0.5) is 0 Å². The number of ether oxygens (including phenoxy) is 1. The number of rotatable bonds is 6. The van der Waals surface area contributed by atoms with E-state index in [0.29, 0.717) is 11.6 Å². The number of benzene rings is 2. The molecule has 2 heterocycles. The fourth-order valence-corrected chi connectivity index (χ4v) is 4.40. The Hall–Kier alpha value is -2.58. The first kappa shape index (κ1) is 16.9. The van der Waals surface area contributed by atoms with Gasteiger partial charge in [0.2, 0.25) is 5.16 Å². The molecule has 0 radical (unpaired) electrons. The van der Waals surface area contributed by atoms with Crippen LogP contribution in [0.1, 0.15) is 16.4 Å². The first-order chi connectivity index (χ1) is 12.7. The second-order valence-corrected chi connectivity index (χ2v) is 7.72. The van der Waals surface area contributed by atoms with E-state index in [1.807, 2.05) is 42.5 Å². The summed E-state index contributed by atoms with van der Waals surface area (Å²) in [5, 5.41) is 10.2. The summed E-state index contributed by atoms with van der Waals surface area (Å²) in [5.41, 5.74) is 2.13. The molecule has 2 N–H and O–H groups in total. The minimum Gasteiger partial charge on any atom is -0.497 e. The highest BCUT2D eigenvalue weighted by Gasteiger charge is 2.12. The number of methoxy groups -OCH3 is 1. The topological polar surface area (TPSA) is 78.9 Å². The largest absolute Gasteiger partial charge is 0.497 e. The summed E-state index contributed by atoms with van der Waals surface area (Å²) in [6, 6.07) is 16.0. The Labute approximate surface area is 159 Å². The molecule has 0 aliphatic rings. The number of aromatic nitrogens is 4. The maximum absolute atomic E-state index is 6.18. The SMILES string of the molecule is COc1ccc(Cc2nnc(SCc3nc4ccccc4s3)n2N)cc1. The molecule has 0 aliphatic carbocycles. The van der Waals surface area contributed by atoms with Gasteiger partial charge in [0.05, 0.1) is 23.1 Å². The van der Waals surface area contributed by atoms with Crippen molar-refractivity contribution in [1.82, 2.24) is 19.9 Å². The van der Waals surface area contributed by atoms with Crippen molar-refractivity contribution in [1.29, 1.82) is 0 Å². The smallest absolute Gasteiger partial charge is 0.210 e. The van der Waals surface area contributed by atoms with Gasteiger partial charge in [-0.1, -0.05) is 36.0 Å². The van der Waals surface area contributed by atoms with E-state index in [1.165, 1.54) is 4.70 Å². The number of nitrogens with zero attached hydrogens (tertiary/aromatic N) is 4. The number of fused-ring (bicyclic) bond motifs is 1. The highest BCUT2D eigenvalue weighted by Crippen LogP contribution is 2.27. The lowest BCUT2D eigenvalue weighted by Gasteiger charge is -2.04. The number of thiazole rings is 1. The van der Waals surface area contributed by atoms with Crippen LogP contribution < -0.4 is 10.6 Å². The molecule has 2 aromatic carbocycles. The summed E-state index contributed by atoms with van der Waals surface area (Å²) in [6.45, 7) is 0. The van der Waals surface area contributed by atoms with E-state index in [4.69, 9.17) is 10.6 Å². The van der Waals surface area contributed by atoms with E-state index in [-0.39, 0.29) is 0 Å². The quantitative estimate of drug-likeness (QED) is 0.406. The summed E-state index contributed by atoms with van der Waals surface area (Å²) in [7, 11) is 1.65. The molecule has 132 valence electrons. The van der Waals surface area contributed by atoms with Crippen molar-refractivity contribution in [3.05, 3.63) is 64.9 Å². The highest BCUT2D eigenvalue weighted by molar-refractivity contribution is 7.98. The Balaban J connectivity index is 1.44. The second kappa shape index (κ2) is 7.35. The molecule has 0 saturated heterocycles. The summed E-state index contributed by atoms with van der Waals surface area (Å²) >= 11 is 3.24. The lowest BCUT2D eigenvalue weighted by atomic mass is 10.1. The molecule has 0 atom stereocenters. The third kappa shape index (κ3) is 3.51. The van der Waals surface area contributed by atoms with Gasteiger partial charge < -0.3 is 10.6 Å². The molecule has 0 bridgehead atoms. The molecular formula is C18H17N5OS2. The van der Waals surface area contributed by atoms with Gasteiger partial charge in [0.1, 0.15) is 10.8 Å². The molecule has 0 fully saturated rings. The van der Waals surface area contributed by atoms with Crippen LogP contribution >= 0.6 is 23.1 Å². The average molecular weight is 384 g/mol. The van der Waals surface area contributed by atoms with E-state index in [9.17, 15) is 0 Å². The van der Waals surface area contributed by atoms with Gasteiger partial charge in [-0.15, -0.1) is 21.5 Å². The van der Waals surface area contributed by atoms with Crippen LogP contribution in [-0.2, 0) is 12.2 Å². The molecule has 4 rings (SSSR count). The number of nitrogen functional groups attached to an aromatic ring is 1. The number of hydrogen-bond donors (Lipinski definition) is 1. The summed E-state index contributed by atoms with van der Waals surface area (Å²) in [5.74, 6) is 8.45. The third-order valence-corrected chi connectivity index (χ3v) is 6.09. The molecule has 8 heteroatoms. The first-order valence-electron chi connectivity index (χ1n) is 8.02. The van der Waals surface area contributed by atoms with Gasteiger partial charge in [0.15, 0.2) is 5.82 Å². The Kier molecular flexibility index (Phi) is 4.77. The van der Waals surface area contributed by atoms with Gasteiger partial charge in [-0.05, 0) is 29.8 Å². The van der Waals surface area contributed by atoms with E-state index < -0.39 is 0 Å². The highest BCUT2D eigenvalue weighted by atomic mass is 32.2. The van der Waals surface area contributed by atoms with E-state index in [0.717, 1.165) is 33.4 Å². The average Bonchev–Trinajstić information content (AvgIpc) is 3.24. The minimum absolute atomic E-state index is 0.620. The molecular weight excluding hydrogens is 366 g/mol. The van der Waals surface area contributed by atoms with Crippen LogP contribution in [0.25, 0.3) is 10.2 Å². The minimum atomic E-state index is 0.620. The molecule has 0 aliphatic heterocycles. The Morgan fingerprint density at radius 2 is 1.92 bits per heavy atom. The molecule has 4 aromatic rings. The fourth-order valence-electron chi connectivity index (χ4n) is 2.56. The van der Waals surface area contributed by atoms with Crippen LogP contribution in [0.3, 0.4) is 0 Å². The van der Waals surface area contributed by atoms with Gasteiger partial charge >= 0.3 is 0 Å². The van der Waals surface area contributed by atoms with Crippen molar-refractivity contribution in [3.8, 4) is 5.75 Å². The molecule has 26 heavy (non-hydrogen) atoms. The standard InChI is InChI=1S/C18H17N5OS2/c1-24-13-8-6-12(7-9-13)10-16-21-22-18(23(16)19)25-11-17-20-14-4-2-3-5-15(14)26-17/h2-9H,10-11,19H2,1H3. The van der Waals surface area contributed by atoms with Crippen LogP contribution in [-0.4, -0.2) is 27.0 Å². The van der Waals surface area contributed by atoms with Gasteiger partial charge in [0.25, 0.3) is 0 Å². The van der Waals surface area contributed by atoms with E-state index in [1.54, 1.807) is 34.9 Å². The van der Waals surface area contributed by atoms with Crippen LogP contribution in [0, 0.1) is 0 Å². The number of para-hydroxylation sites is 1. The van der Waals surface area contributed by atoms with Crippen molar-refractivity contribution < 1.29 is 4.74 Å². The fraction of sp³-hybridized carbons (Fsp3) is 0.167. The summed E-state index contributed by atoms with van der Waals surface area (Å²) < 4.78 is 7.93. The Morgan fingerprint density at radius 1 is 1.12 bits per heavy atom. The molecule has 2 aromatic heterocycles. The zero-order valence-corrected chi connectivity index (χ0v) is 15.8. The zero-order chi connectivity index (χ0) is 17.9. The summed E-state index contributed by atoms with van der Waals surface area (Å²) in [4.78, 5) is 4.64. The van der Waals surface area contributed by atoms with Gasteiger partial charge in [-0.2, -0.15) is 0 Å². The van der Waals surface area contributed by atoms with Crippen LogP contribution in [0.5, 0.6) is 5.75 Å². The van der Waals surface area contributed by atoms with Gasteiger partial charge in [0, 0.05) is 6.42 Å². The van der Waals surface area contributed by atoms with Crippen LogP contribution in [0.15, 0.2) is 53.7 Å². The Bertz CT molecular complexity index is 993. The van der Waals surface area contributed by atoms with E-state index in [2.05, 4.69) is 21.2 Å². The molecule has 0 spiro atoms. The number of nitrogens with two attached hydrogens (primary N) is 1. The van der Waals surface area contributed by atoms with Crippen molar-refractivity contribution in [3.63, 3.8) is 0 Å². The number of hydrogen-bond acceptors (Lipinski definition) is 7. The normalized spacial score (nSPS) is 11.1. The zero-order valence-electron chi connectivity index (χ0n) is 14.1. The molecule has 0 saturated carbocycles. The van der Waals surface area contributed by atoms with Crippen LogP contribution in [0.2, 0.25) is 0 Å². The van der Waals surface area contributed by atoms with E-state index >= 15 is 0 Å². The lowest BCUT2D eigenvalue weighted by molar-refractivity contribution is 0.414. The molecule has 0 unspecified atom stereocenters. The predicted octanol–water partition coefficient (Wildman–Crippen LogP) is 3.49. The maximum Gasteiger partial charge on any atom is 0.210 e. The van der Waals surface area contributed by atoms with Crippen molar-refractivity contribution in [2.75, 3.05) is 13.0 Å². The summed E-state index contributed by atoms with van der Waals surface area (Å²) in [6.07, 6.45) is 0.620. The van der Waals surface area contributed by atoms with Crippen molar-refractivity contribution >= 4 is 33.3 Å². The second-order valence-electron chi connectivity index (χ2n) is 5.66.